The van der Waals surface area contributed by atoms with Crippen molar-refractivity contribution >= 4 is 11.6 Å². The van der Waals surface area contributed by atoms with Crippen molar-refractivity contribution in [3.63, 3.8) is 0 Å². The minimum Gasteiger partial charge on any atom is -0.497 e. The van der Waals surface area contributed by atoms with Gasteiger partial charge in [-0.3, -0.25) is 4.79 Å². The molecular formula is C32H39NO3. The average Bonchev–Trinajstić information content (AvgIpc) is 3.26. The minimum absolute atomic E-state index is 0.0334. The van der Waals surface area contributed by atoms with Gasteiger partial charge >= 0.3 is 0 Å². The van der Waals surface area contributed by atoms with Crippen LogP contribution in [0, 0.1) is 19.3 Å². The summed E-state index contributed by atoms with van der Waals surface area (Å²) in [6.07, 6.45) is 0.456. The van der Waals surface area contributed by atoms with E-state index < -0.39 is 0 Å². The topological polar surface area (TPSA) is 47.6 Å². The molecule has 1 atom stereocenters. The summed E-state index contributed by atoms with van der Waals surface area (Å²) in [6.45, 7) is 15.5. The van der Waals surface area contributed by atoms with Crippen LogP contribution >= 0.6 is 0 Å². The van der Waals surface area contributed by atoms with Crippen LogP contribution in [0.3, 0.4) is 0 Å². The van der Waals surface area contributed by atoms with Gasteiger partial charge in [0.1, 0.15) is 11.5 Å². The predicted octanol–water partition coefficient (Wildman–Crippen LogP) is 8.00. The molecule has 0 radical (unpaired) electrons. The number of anilines is 1. The van der Waals surface area contributed by atoms with Gasteiger partial charge in [0.25, 0.3) is 0 Å². The maximum atomic E-state index is 13.1. The Bertz CT molecular complexity index is 1250. The van der Waals surface area contributed by atoms with Gasteiger partial charge in [0, 0.05) is 29.2 Å². The van der Waals surface area contributed by atoms with Gasteiger partial charge in [-0.15, -0.1) is 0 Å². The number of nitrogens with one attached hydrogen (secondary N) is 1. The molecule has 36 heavy (non-hydrogen) atoms. The quantitative estimate of drug-likeness (QED) is 0.385. The number of rotatable bonds is 6. The lowest BCUT2D eigenvalue weighted by Gasteiger charge is -2.23. The number of fused-ring (bicyclic) bond motifs is 1. The molecule has 1 aliphatic rings. The highest BCUT2D eigenvalue weighted by molar-refractivity contribution is 5.96. The summed E-state index contributed by atoms with van der Waals surface area (Å²) in [7, 11) is 1.67. The van der Waals surface area contributed by atoms with Crippen LogP contribution in [-0.2, 0) is 4.79 Å². The Morgan fingerprint density at radius 3 is 2.22 bits per heavy atom. The molecule has 3 aromatic carbocycles. The number of amides is 1. The molecule has 4 nitrogen and oxygen atoms in total. The van der Waals surface area contributed by atoms with Crippen LogP contribution in [0.15, 0.2) is 48.5 Å². The summed E-state index contributed by atoms with van der Waals surface area (Å²) in [5.74, 6) is 2.36. The molecule has 1 unspecified atom stereocenters. The first-order valence-electron chi connectivity index (χ1n) is 12.8. The monoisotopic (exact) mass is 485 g/mol. The van der Waals surface area contributed by atoms with Gasteiger partial charge in [0.05, 0.1) is 13.7 Å². The van der Waals surface area contributed by atoms with Crippen molar-refractivity contribution in [1.82, 2.24) is 0 Å². The van der Waals surface area contributed by atoms with Crippen molar-refractivity contribution < 1.29 is 14.3 Å². The van der Waals surface area contributed by atoms with Gasteiger partial charge in [0.15, 0.2) is 0 Å². The van der Waals surface area contributed by atoms with Crippen molar-refractivity contribution in [2.75, 3.05) is 19.0 Å². The molecule has 0 fully saturated rings. The van der Waals surface area contributed by atoms with Crippen LogP contribution < -0.4 is 14.8 Å². The molecule has 1 amide bonds. The lowest BCUT2D eigenvalue weighted by molar-refractivity contribution is -0.117. The number of ether oxygens (including phenoxy) is 2. The third-order valence-corrected chi connectivity index (χ3v) is 7.08. The normalized spacial score (nSPS) is 15.0. The van der Waals surface area contributed by atoms with Crippen molar-refractivity contribution in [1.29, 1.82) is 0 Å². The van der Waals surface area contributed by atoms with Gasteiger partial charge < -0.3 is 14.8 Å². The summed E-state index contributed by atoms with van der Waals surface area (Å²) in [4.78, 5) is 13.1. The molecule has 4 heteroatoms. The van der Waals surface area contributed by atoms with E-state index in [1.54, 1.807) is 7.11 Å². The van der Waals surface area contributed by atoms with Crippen molar-refractivity contribution in [3.05, 3.63) is 76.3 Å². The molecule has 0 aliphatic carbocycles. The summed E-state index contributed by atoms with van der Waals surface area (Å²) < 4.78 is 11.8. The standard InChI is InChI=1S/C32H39NO3/c1-19(2)22-9-11-23(12-10-22)26-18-36-31-28(24-13-15-25(35-8)16-14-24)20(3)30(21(4)29(26)31)33-27(34)17-32(5,6)7/h9-16,19,26H,17-18H2,1-8H3,(H,33,34). The fraction of sp³-hybridized carbons (Fsp3) is 0.406. The summed E-state index contributed by atoms with van der Waals surface area (Å²) in [5.41, 5.74) is 8.71. The van der Waals surface area contributed by atoms with Crippen molar-refractivity contribution in [3.8, 4) is 22.6 Å². The highest BCUT2D eigenvalue weighted by Gasteiger charge is 2.34. The Hall–Kier alpha value is -3.27. The number of carbonyl (C=O) groups is 1. The first-order chi connectivity index (χ1) is 17.0. The maximum Gasteiger partial charge on any atom is 0.224 e. The van der Waals surface area contributed by atoms with Crippen molar-refractivity contribution in [2.24, 2.45) is 5.41 Å². The van der Waals surface area contributed by atoms with E-state index in [1.165, 1.54) is 11.1 Å². The Morgan fingerprint density at radius 1 is 1.03 bits per heavy atom. The molecule has 0 saturated carbocycles. The molecule has 1 aliphatic heterocycles. The molecule has 1 N–H and O–H groups in total. The molecule has 4 rings (SSSR count). The summed E-state index contributed by atoms with van der Waals surface area (Å²) in [6, 6.07) is 16.9. The maximum absolute atomic E-state index is 13.1. The van der Waals surface area contributed by atoms with Crippen LogP contribution in [0.4, 0.5) is 5.69 Å². The van der Waals surface area contributed by atoms with Gasteiger partial charge in [-0.05, 0) is 65.1 Å². The Labute approximate surface area is 216 Å². The Balaban J connectivity index is 1.87. The van der Waals surface area contributed by atoms with E-state index in [-0.39, 0.29) is 17.2 Å². The lowest BCUT2D eigenvalue weighted by atomic mass is 9.84. The van der Waals surface area contributed by atoms with E-state index in [0.717, 1.165) is 45.0 Å². The second-order valence-electron chi connectivity index (χ2n) is 11.4. The van der Waals surface area contributed by atoms with Gasteiger partial charge in [-0.1, -0.05) is 71.0 Å². The lowest BCUT2D eigenvalue weighted by Crippen LogP contribution is -2.21. The van der Waals surface area contributed by atoms with E-state index in [2.05, 4.69) is 90.2 Å². The zero-order chi connectivity index (χ0) is 26.2. The smallest absolute Gasteiger partial charge is 0.224 e. The van der Waals surface area contributed by atoms with E-state index >= 15 is 0 Å². The molecule has 3 aromatic rings. The molecule has 0 bridgehead atoms. The zero-order valence-electron chi connectivity index (χ0n) is 22.9. The molecule has 190 valence electrons. The number of benzene rings is 3. The van der Waals surface area contributed by atoms with Crippen LogP contribution in [-0.4, -0.2) is 19.6 Å². The highest BCUT2D eigenvalue weighted by Crippen LogP contribution is 2.51. The first kappa shape index (κ1) is 25.8. The van der Waals surface area contributed by atoms with Gasteiger partial charge in [0.2, 0.25) is 5.91 Å². The third kappa shape index (κ3) is 5.13. The Morgan fingerprint density at radius 2 is 1.67 bits per heavy atom. The molecule has 1 heterocycles. The van der Waals surface area contributed by atoms with E-state index in [4.69, 9.17) is 9.47 Å². The fourth-order valence-electron chi connectivity index (χ4n) is 5.17. The zero-order valence-corrected chi connectivity index (χ0v) is 22.9. The van der Waals surface area contributed by atoms with Crippen LogP contribution in [0.5, 0.6) is 11.5 Å². The number of hydrogen-bond acceptors (Lipinski definition) is 3. The van der Waals surface area contributed by atoms with Crippen molar-refractivity contribution in [2.45, 2.75) is 66.7 Å². The molecule has 0 saturated heterocycles. The van der Waals surface area contributed by atoms with E-state index in [0.29, 0.717) is 18.9 Å². The fourth-order valence-corrected chi connectivity index (χ4v) is 5.17. The first-order valence-corrected chi connectivity index (χ1v) is 12.8. The SMILES string of the molecule is COc1ccc(-c2c(C)c(NC(=O)CC(C)(C)C)c(C)c3c2OCC3c2ccc(C(C)C)cc2)cc1. The molecule has 0 aromatic heterocycles. The van der Waals surface area contributed by atoms with E-state index in [1.807, 2.05) is 12.1 Å². The second-order valence-corrected chi connectivity index (χ2v) is 11.4. The van der Waals surface area contributed by atoms with Crippen LogP contribution in [0.2, 0.25) is 0 Å². The van der Waals surface area contributed by atoms with E-state index in [9.17, 15) is 4.79 Å². The summed E-state index contributed by atoms with van der Waals surface area (Å²) >= 11 is 0. The number of methoxy groups -OCH3 is 1. The molecule has 0 spiro atoms. The van der Waals surface area contributed by atoms with Crippen LogP contribution in [0.25, 0.3) is 11.1 Å². The second kappa shape index (κ2) is 10.0. The largest absolute Gasteiger partial charge is 0.497 e. The predicted molar refractivity (Wildman–Crippen MR) is 148 cm³/mol. The van der Waals surface area contributed by atoms with Gasteiger partial charge in [-0.25, -0.2) is 0 Å². The number of carbonyl (C=O) groups excluding carboxylic acids is 1. The number of hydrogen-bond donors (Lipinski definition) is 1. The Kier molecular flexibility index (Phi) is 7.17. The minimum atomic E-state index is -0.0920. The molecular weight excluding hydrogens is 446 g/mol. The van der Waals surface area contributed by atoms with Gasteiger partial charge in [-0.2, -0.15) is 0 Å². The third-order valence-electron chi connectivity index (χ3n) is 7.08. The highest BCUT2D eigenvalue weighted by atomic mass is 16.5. The average molecular weight is 486 g/mol. The van der Waals surface area contributed by atoms with Crippen LogP contribution in [0.1, 0.15) is 80.7 Å². The summed E-state index contributed by atoms with van der Waals surface area (Å²) in [5, 5.41) is 3.27.